The predicted molar refractivity (Wildman–Crippen MR) is 224 cm³/mol. The zero-order chi connectivity index (χ0) is 40.6. The Bertz CT molecular complexity index is 2410. The van der Waals surface area contributed by atoms with Crippen LogP contribution < -0.4 is 0 Å². The van der Waals surface area contributed by atoms with Gasteiger partial charge in [0.25, 0.3) is 5.91 Å². The van der Waals surface area contributed by atoms with Gasteiger partial charge in [-0.05, 0) is 85.0 Å². The van der Waals surface area contributed by atoms with Crippen LogP contribution in [0.4, 0.5) is 4.79 Å². The van der Waals surface area contributed by atoms with Gasteiger partial charge in [-0.3, -0.25) is 14.5 Å². The molecule has 12 heteroatoms. The van der Waals surface area contributed by atoms with Gasteiger partial charge in [0, 0.05) is 25.2 Å². The second kappa shape index (κ2) is 16.0. The van der Waals surface area contributed by atoms with E-state index in [0.29, 0.717) is 29.5 Å². The molecule has 3 amide bonds. The average molecular weight is 796 g/mol. The first-order chi connectivity index (χ1) is 28.0. The largest absolute Gasteiger partial charge is 0.465 e. The van der Waals surface area contributed by atoms with Crippen LogP contribution in [0, 0.1) is 0 Å². The molecular formula is C46H46ClN7O4. The van der Waals surface area contributed by atoms with Crippen LogP contribution in [0.1, 0.15) is 80.4 Å². The molecule has 4 aromatic carbocycles. The molecular weight excluding hydrogens is 750 g/mol. The molecule has 296 valence electrons. The summed E-state index contributed by atoms with van der Waals surface area (Å²) in [6, 6.07) is 31.8. The van der Waals surface area contributed by atoms with Gasteiger partial charge in [0.15, 0.2) is 0 Å². The third-order valence-electron chi connectivity index (χ3n) is 11.7. The fourth-order valence-corrected chi connectivity index (χ4v) is 8.51. The van der Waals surface area contributed by atoms with E-state index in [1.54, 1.807) is 23.2 Å². The Hall–Kier alpha value is -6.20. The number of imidazole rings is 2. The van der Waals surface area contributed by atoms with E-state index in [4.69, 9.17) is 21.6 Å². The monoisotopic (exact) mass is 795 g/mol. The lowest BCUT2D eigenvalue weighted by atomic mass is 9.83. The van der Waals surface area contributed by atoms with Gasteiger partial charge in [0.2, 0.25) is 5.91 Å². The minimum atomic E-state index is -1.16. The van der Waals surface area contributed by atoms with E-state index in [0.717, 1.165) is 75.6 Å². The van der Waals surface area contributed by atoms with Crippen LogP contribution in [0.15, 0.2) is 116 Å². The number of benzene rings is 4. The van der Waals surface area contributed by atoms with E-state index >= 15 is 0 Å². The van der Waals surface area contributed by atoms with Gasteiger partial charge in [-0.1, -0.05) is 103 Å². The van der Waals surface area contributed by atoms with Crippen molar-refractivity contribution in [3.05, 3.63) is 143 Å². The molecule has 11 nitrogen and oxygen atoms in total. The SMILES string of the molecule is CN(C(=O)O)[C@@H](C(=O)N1CCC[C@H]1c1ncc(-c2ccc(-c3ccc(-c4cnc([C@@H]5CCCN5C(=O)C(C)(C)c5ccc(Cl)cc5)[nH]4)cc3)cc2)[nH]1)c1ccccc1. The minimum Gasteiger partial charge on any atom is -0.465 e. The van der Waals surface area contributed by atoms with E-state index in [1.807, 2.05) is 67.4 Å². The quantitative estimate of drug-likeness (QED) is 0.126. The third kappa shape index (κ3) is 7.49. The van der Waals surface area contributed by atoms with Crippen LogP contribution in [0.25, 0.3) is 33.6 Å². The van der Waals surface area contributed by atoms with Crippen molar-refractivity contribution in [1.29, 1.82) is 0 Å². The van der Waals surface area contributed by atoms with Gasteiger partial charge in [0.05, 0.1) is 41.3 Å². The summed E-state index contributed by atoms with van der Waals surface area (Å²) in [7, 11) is 1.43. The molecule has 0 saturated carbocycles. The Morgan fingerprint density at radius 1 is 0.724 bits per heavy atom. The van der Waals surface area contributed by atoms with Gasteiger partial charge < -0.3 is 24.9 Å². The van der Waals surface area contributed by atoms with Crippen molar-refractivity contribution in [3.8, 4) is 33.6 Å². The van der Waals surface area contributed by atoms with Crippen LogP contribution in [0.5, 0.6) is 0 Å². The van der Waals surface area contributed by atoms with Crippen LogP contribution in [0.3, 0.4) is 0 Å². The standard InChI is InChI=1S/C46H46ClN7O4/c1-46(2,34-21-23-35(47)24-22-34)44(56)54-26-8-12-39(54)42-49-28-37(51-42)32-19-15-30(16-20-32)29-13-17-31(18-14-29)36-27-48-41(50-36)38-11-7-25-53(38)43(55)40(52(3)45(57)58)33-9-5-4-6-10-33/h4-6,9-10,13-24,27-28,38-40H,7-8,11-12,25-26H2,1-3H3,(H,48,50)(H,49,51)(H,57,58)/t38-,39-,40+/m0/s1. The minimum absolute atomic E-state index is 0.0750. The first-order valence-corrected chi connectivity index (χ1v) is 20.1. The van der Waals surface area contributed by atoms with Crippen LogP contribution in [-0.4, -0.2) is 77.8 Å². The van der Waals surface area contributed by atoms with E-state index in [9.17, 15) is 19.5 Å². The van der Waals surface area contributed by atoms with Gasteiger partial charge in [0.1, 0.15) is 17.7 Å². The number of hydrogen-bond donors (Lipinski definition) is 3. The number of amides is 3. The molecule has 0 radical (unpaired) electrons. The lowest BCUT2D eigenvalue weighted by Gasteiger charge is -2.33. The molecule has 0 aliphatic carbocycles. The fraction of sp³-hybridized carbons (Fsp3) is 0.283. The highest BCUT2D eigenvalue weighted by atomic mass is 35.5. The maximum Gasteiger partial charge on any atom is 0.407 e. The molecule has 6 aromatic rings. The normalized spacial score (nSPS) is 17.4. The van der Waals surface area contributed by atoms with Crippen LogP contribution in [0.2, 0.25) is 5.02 Å². The molecule has 4 heterocycles. The highest BCUT2D eigenvalue weighted by Gasteiger charge is 2.41. The maximum atomic E-state index is 14.0. The molecule has 3 N–H and O–H groups in total. The zero-order valence-corrected chi connectivity index (χ0v) is 33.5. The molecule has 2 aliphatic rings. The molecule has 0 unspecified atom stereocenters. The Morgan fingerprint density at radius 3 is 1.72 bits per heavy atom. The summed E-state index contributed by atoms with van der Waals surface area (Å²) < 4.78 is 0. The number of carbonyl (C=O) groups is 3. The van der Waals surface area contributed by atoms with Crippen LogP contribution in [-0.2, 0) is 15.0 Å². The lowest BCUT2D eigenvalue weighted by Crippen LogP contribution is -2.43. The maximum absolute atomic E-state index is 14.0. The topological polar surface area (TPSA) is 139 Å². The number of carboxylic acid groups (broad SMARTS) is 1. The Labute approximate surface area is 342 Å². The molecule has 3 atom stereocenters. The number of hydrogen-bond acceptors (Lipinski definition) is 5. The Kier molecular flexibility index (Phi) is 10.7. The molecule has 2 aliphatic heterocycles. The lowest BCUT2D eigenvalue weighted by molar-refractivity contribution is -0.138. The number of likely N-dealkylation sites (N-methyl/N-ethyl adjacent to an activating group) is 1. The second-order valence-corrected chi connectivity index (χ2v) is 16.1. The summed E-state index contributed by atoms with van der Waals surface area (Å²) in [5, 5.41) is 10.4. The summed E-state index contributed by atoms with van der Waals surface area (Å²) in [4.78, 5) is 61.0. The Balaban J connectivity index is 0.932. The predicted octanol–water partition coefficient (Wildman–Crippen LogP) is 9.44. The number of halogens is 1. The van der Waals surface area contributed by atoms with Gasteiger partial charge >= 0.3 is 6.09 Å². The van der Waals surface area contributed by atoms with Gasteiger partial charge in [-0.15, -0.1) is 0 Å². The van der Waals surface area contributed by atoms with Crippen molar-refractivity contribution >= 4 is 29.5 Å². The first kappa shape index (κ1) is 38.7. The highest BCUT2D eigenvalue weighted by Crippen LogP contribution is 2.38. The molecule has 0 bridgehead atoms. The summed E-state index contributed by atoms with van der Waals surface area (Å²) in [5.74, 6) is 1.29. The Morgan fingerprint density at radius 2 is 1.21 bits per heavy atom. The molecule has 0 spiro atoms. The number of nitrogens with one attached hydrogen (secondary N) is 2. The summed E-state index contributed by atoms with van der Waals surface area (Å²) in [6.07, 6.45) is 5.77. The molecule has 2 saturated heterocycles. The molecule has 58 heavy (non-hydrogen) atoms. The van der Waals surface area contributed by atoms with Crippen molar-refractivity contribution in [3.63, 3.8) is 0 Å². The van der Waals surface area contributed by atoms with Crippen molar-refractivity contribution in [2.75, 3.05) is 20.1 Å². The van der Waals surface area contributed by atoms with Crippen molar-refractivity contribution < 1.29 is 19.5 Å². The van der Waals surface area contributed by atoms with Gasteiger partial charge in [-0.25, -0.2) is 14.8 Å². The van der Waals surface area contributed by atoms with E-state index in [2.05, 4.69) is 58.5 Å². The number of nitrogens with zero attached hydrogens (tertiary/aromatic N) is 5. The first-order valence-electron chi connectivity index (χ1n) is 19.7. The summed E-state index contributed by atoms with van der Waals surface area (Å²) >= 11 is 6.12. The van der Waals surface area contributed by atoms with Crippen molar-refractivity contribution in [2.24, 2.45) is 0 Å². The summed E-state index contributed by atoms with van der Waals surface area (Å²) in [5.41, 5.74) is 6.69. The van der Waals surface area contributed by atoms with Gasteiger partial charge in [-0.2, -0.15) is 0 Å². The molecule has 2 fully saturated rings. The highest BCUT2D eigenvalue weighted by molar-refractivity contribution is 6.30. The van der Waals surface area contributed by atoms with Crippen molar-refractivity contribution in [1.82, 2.24) is 34.6 Å². The number of likely N-dealkylation sites (tertiary alicyclic amines) is 2. The number of aromatic amines is 2. The van der Waals surface area contributed by atoms with E-state index in [1.165, 1.54) is 7.05 Å². The van der Waals surface area contributed by atoms with Crippen LogP contribution >= 0.6 is 11.6 Å². The van der Waals surface area contributed by atoms with Crippen molar-refractivity contribution in [2.45, 2.75) is 63.1 Å². The second-order valence-electron chi connectivity index (χ2n) is 15.7. The number of aromatic nitrogens is 4. The van der Waals surface area contributed by atoms with E-state index < -0.39 is 17.6 Å². The third-order valence-corrected chi connectivity index (χ3v) is 12.0. The molecule has 8 rings (SSSR count). The average Bonchev–Trinajstić information content (AvgIpc) is 4.08. The fourth-order valence-electron chi connectivity index (χ4n) is 8.38. The number of carbonyl (C=O) groups excluding carboxylic acids is 2. The smallest absolute Gasteiger partial charge is 0.407 e. The summed E-state index contributed by atoms with van der Waals surface area (Å²) in [6.45, 7) is 5.15. The number of H-pyrrole nitrogens is 2. The number of rotatable bonds is 10. The molecule has 2 aromatic heterocycles. The zero-order valence-electron chi connectivity index (χ0n) is 32.7. The van der Waals surface area contributed by atoms with E-state index in [-0.39, 0.29) is 23.9 Å².